The van der Waals surface area contributed by atoms with Gasteiger partial charge in [0.05, 0.1) is 13.2 Å². The molecule has 0 unspecified atom stereocenters. The van der Waals surface area contributed by atoms with E-state index < -0.39 is 0 Å². The highest BCUT2D eigenvalue weighted by Gasteiger charge is 2.22. The molecule has 0 saturated heterocycles. The summed E-state index contributed by atoms with van der Waals surface area (Å²) in [6.45, 7) is 1.03. The average Bonchev–Trinajstić information content (AvgIpc) is 2.81. The Labute approximate surface area is 125 Å². The molecule has 0 radical (unpaired) electrons. The minimum Gasteiger partial charge on any atom is -0.376 e. The Hall–Kier alpha value is -1.56. The SMILES string of the molecule is O=C(Nc1cc(Cl)cc(Cl)c1)c1n[nH]c2c1COCC2. The topological polar surface area (TPSA) is 67.0 Å². The predicted molar refractivity (Wildman–Crippen MR) is 76.4 cm³/mol. The highest BCUT2D eigenvalue weighted by molar-refractivity contribution is 6.35. The summed E-state index contributed by atoms with van der Waals surface area (Å²) in [4.78, 5) is 12.2. The number of amides is 1. The van der Waals surface area contributed by atoms with Gasteiger partial charge in [-0.15, -0.1) is 0 Å². The van der Waals surface area contributed by atoms with Crippen LogP contribution in [0, 0.1) is 0 Å². The van der Waals surface area contributed by atoms with Crippen molar-refractivity contribution in [1.29, 1.82) is 0 Å². The van der Waals surface area contributed by atoms with Crippen LogP contribution in [0.3, 0.4) is 0 Å². The third-order valence-corrected chi connectivity index (χ3v) is 3.47. The number of aromatic nitrogens is 2. The zero-order valence-electron chi connectivity index (χ0n) is 10.4. The van der Waals surface area contributed by atoms with Crippen molar-refractivity contribution in [2.24, 2.45) is 0 Å². The molecule has 0 spiro atoms. The van der Waals surface area contributed by atoms with Crippen molar-refractivity contribution in [2.45, 2.75) is 13.0 Å². The van der Waals surface area contributed by atoms with Crippen molar-refractivity contribution in [3.63, 3.8) is 0 Å². The van der Waals surface area contributed by atoms with E-state index in [0.29, 0.717) is 34.6 Å². The summed E-state index contributed by atoms with van der Waals surface area (Å²) in [5.41, 5.74) is 2.63. The van der Waals surface area contributed by atoms with Crippen LogP contribution >= 0.6 is 23.2 Å². The van der Waals surface area contributed by atoms with E-state index >= 15 is 0 Å². The van der Waals surface area contributed by atoms with Gasteiger partial charge in [0.25, 0.3) is 5.91 Å². The predicted octanol–water partition coefficient (Wildman–Crippen LogP) is 3.04. The van der Waals surface area contributed by atoms with Gasteiger partial charge in [-0.2, -0.15) is 5.10 Å². The lowest BCUT2D eigenvalue weighted by Gasteiger charge is -2.12. The minimum atomic E-state index is -0.314. The molecule has 1 aromatic carbocycles. The molecule has 1 amide bonds. The van der Waals surface area contributed by atoms with E-state index in [1.807, 2.05) is 0 Å². The van der Waals surface area contributed by atoms with Crippen LogP contribution in [0.5, 0.6) is 0 Å². The molecule has 1 aliphatic rings. The average molecular weight is 312 g/mol. The van der Waals surface area contributed by atoms with Crippen LogP contribution in [-0.2, 0) is 17.8 Å². The molecule has 2 aromatic rings. The van der Waals surface area contributed by atoms with Gasteiger partial charge in [-0.1, -0.05) is 23.2 Å². The van der Waals surface area contributed by atoms with E-state index in [1.54, 1.807) is 18.2 Å². The highest BCUT2D eigenvalue weighted by Crippen LogP contribution is 2.24. The normalized spacial score (nSPS) is 13.9. The maximum atomic E-state index is 12.2. The molecule has 20 heavy (non-hydrogen) atoms. The first kappa shape index (κ1) is 13.4. The number of nitrogens with zero attached hydrogens (tertiary/aromatic N) is 1. The third kappa shape index (κ3) is 2.65. The van der Waals surface area contributed by atoms with Crippen molar-refractivity contribution in [1.82, 2.24) is 10.2 Å². The van der Waals surface area contributed by atoms with Gasteiger partial charge in [-0.25, -0.2) is 0 Å². The third-order valence-electron chi connectivity index (χ3n) is 3.03. The van der Waals surface area contributed by atoms with Crippen LogP contribution in [0.25, 0.3) is 0 Å². The van der Waals surface area contributed by atoms with Gasteiger partial charge in [0, 0.05) is 33.4 Å². The van der Waals surface area contributed by atoms with Gasteiger partial charge in [0.1, 0.15) is 0 Å². The smallest absolute Gasteiger partial charge is 0.276 e. The number of anilines is 1. The zero-order valence-corrected chi connectivity index (χ0v) is 11.9. The number of hydrogen-bond acceptors (Lipinski definition) is 3. The minimum absolute atomic E-state index is 0.314. The Balaban J connectivity index is 1.84. The van der Waals surface area contributed by atoms with Crippen LogP contribution < -0.4 is 5.32 Å². The number of fused-ring (bicyclic) bond motifs is 1. The van der Waals surface area contributed by atoms with Gasteiger partial charge in [-0.05, 0) is 18.2 Å². The van der Waals surface area contributed by atoms with Crippen molar-refractivity contribution in [3.8, 4) is 0 Å². The molecule has 2 N–H and O–H groups in total. The van der Waals surface area contributed by atoms with Crippen LogP contribution in [-0.4, -0.2) is 22.7 Å². The lowest BCUT2D eigenvalue weighted by atomic mass is 10.1. The first-order chi connectivity index (χ1) is 9.63. The maximum absolute atomic E-state index is 12.2. The number of carbonyl (C=O) groups is 1. The fourth-order valence-electron chi connectivity index (χ4n) is 2.12. The van der Waals surface area contributed by atoms with E-state index in [1.165, 1.54) is 0 Å². The summed E-state index contributed by atoms with van der Waals surface area (Å²) in [5, 5.41) is 10.6. The molecule has 0 fully saturated rings. The number of nitrogens with one attached hydrogen (secondary N) is 2. The number of ether oxygens (including phenoxy) is 1. The standard InChI is InChI=1S/C13H11Cl2N3O2/c14-7-3-8(15)5-9(4-7)16-13(19)12-10-6-20-2-1-11(10)17-18-12/h3-5H,1-2,6H2,(H,16,19)(H,17,18). The van der Waals surface area contributed by atoms with E-state index in [9.17, 15) is 4.79 Å². The van der Waals surface area contributed by atoms with Crippen molar-refractivity contribution in [3.05, 3.63) is 45.2 Å². The number of carbonyl (C=O) groups excluding carboxylic acids is 1. The Morgan fingerprint density at radius 3 is 2.80 bits per heavy atom. The first-order valence-corrected chi connectivity index (χ1v) is 6.80. The second-order valence-corrected chi connectivity index (χ2v) is 5.32. The molecule has 104 valence electrons. The van der Waals surface area contributed by atoms with E-state index in [0.717, 1.165) is 17.7 Å². The lowest BCUT2D eigenvalue weighted by molar-refractivity contribution is 0.0985. The van der Waals surface area contributed by atoms with Gasteiger partial charge < -0.3 is 10.1 Å². The highest BCUT2D eigenvalue weighted by atomic mass is 35.5. The molecule has 0 saturated carbocycles. The van der Waals surface area contributed by atoms with Crippen molar-refractivity contribution >= 4 is 34.8 Å². The number of halogens is 2. The Morgan fingerprint density at radius 2 is 2.05 bits per heavy atom. The summed E-state index contributed by atoms with van der Waals surface area (Å²) in [7, 11) is 0. The zero-order chi connectivity index (χ0) is 14.1. The van der Waals surface area contributed by atoms with Crippen LogP contribution in [0.2, 0.25) is 10.0 Å². The number of H-pyrrole nitrogens is 1. The molecule has 0 atom stereocenters. The quantitative estimate of drug-likeness (QED) is 0.895. The van der Waals surface area contributed by atoms with Crippen molar-refractivity contribution in [2.75, 3.05) is 11.9 Å². The van der Waals surface area contributed by atoms with Crippen molar-refractivity contribution < 1.29 is 9.53 Å². The summed E-state index contributed by atoms with van der Waals surface area (Å²) in [6.07, 6.45) is 0.735. The Kier molecular flexibility index (Phi) is 3.65. The first-order valence-electron chi connectivity index (χ1n) is 6.05. The van der Waals surface area contributed by atoms with Gasteiger partial charge in [0.2, 0.25) is 0 Å². The molecule has 0 bridgehead atoms. The summed E-state index contributed by atoms with van der Waals surface area (Å²) in [6, 6.07) is 4.85. The van der Waals surface area contributed by atoms with Gasteiger partial charge in [-0.3, -0.25) is 9.89 Å². The van der Waals surface area contributed by atoms with Crippen LogP contribution in [0.15, 0.2) is 18.2 Å². The van der Waals surface area contributed by atoms with Gasteiger partial charge >= 0.3 is 0 Å². The van der Waals surface area contributed by atoms with Gasteiger partial charge in [0.15, 0.2) is 5.69 Å². The van der Waals surface area contributed by atoms with E-state index in [2.05, 4.69) is 15.5 Å². The fourth-order valence-corrected chi connectivity index (χ4v) is 2.64. The summed E-state index contributed by atoms with van der Waals surface area (Å²) >= 11 is 11.8. The van der Waals surface area contributed by atoms with Crippen LogP contribution in [0.1, 0.15) is 21.7 Å². The van der Waals surface area contributed by atoms with Crippen LogP contribution in [0.4, 0.5) is 5.69 Å². The summed E-state index contributed by atoms with van der Waals surface area (Å²) < 4.78 is 5.35. The second kappa shape index (κ2) is 5.44. The monoisotopic (exact) mass is 311 g/mol. The molecule has 1 aliphatic heterocycles. The summed E-state index contributed by atoms with van der Waals surface area (Å²) in [5.74, 6) is -0.314. The molecule has 5 nitrogen and oxygen atoms in total. The molecular formula is C13H11Cl2N3O2. The fraction of sp³-hybridized carbons (Fsp3) is 0.231. The maximum Gasteiger partial charge on any atom is 0.276 e. The largest absolute Gasteiger partial charge is 0.376 e. The second-order valence-electron chi connectivity index (χ2n) is 4.44. The number of rotatable bonds is 2. The molecule has 2 heterocycles. The number of aromatic amines is 1. The lowest BCUT2D eigenvalue weighted by Crippen LogP contribution is -2.17. The molecule has 3 rings (SSSR count). The van der Waals surface area contributed by atoms with E-state index in [4.69, 9.17) is 27.9 Å². The number of benzene rings is 1. The van der Waals surface area contributed by atoms with E-state index in [-0.39, 0.29) is 5.91 Å². The molecular weight excluding hydrogens is 301 g/mol. The molecule has 7 heteroatoms. The Bertz CT molecular complexity index is 649. The Morgan fingerprint density at radius 1 is 1.30 bits per heavy atom. The molecule has 1 aromatic heterocycles. The number of hydrogen-bond donors (Lipinski definition) is 2. The molecule has 0 aliphatic carbocycles.